The quantitative estimate of drug-likeness (QED) is 0.228. The predicted molar refractivity (Wildman–Crippen MR) is 126 cm³/mol. The highest BCUT2D eigenvalue weighted by molar-refractivity contribution is 5.92. The molecule has 0 aliphatic heterocycles. The third-order valence-corrected chi connectivity index (χ3v) is 5.26. The van der Waals surface area contributed by atoms with Gasteiger partial charge in [-0.2, -0.15) is 0 Å². The molecule has 31 heavy (non-hydrogen) atoms. The molecule has 3 aromatic rings. The maximum absolute atomic E-state index is 12.0. The molecule has 0 unspecified atom stereocenters. The molecule has 2 heterocycles. The lowest BCUT2D eigenvalue weighted by Gasteiger charge is -2.11. The van der Waals surface area contributed by atoms with Crippen molar-refractivity contribution in [2.24, 2.45) is 4.99 Å². The Balaban J connectivity index is 1.44. The predicted octanol–water partition coefficient (Wildman–Crippen LogP) is 3.55. The number of benzene rings is 1. The van der Waals surface area contributed by atoms with E-state index in [9.17, 15) is 4.79 Å². The molecule has 7 heteroatoms. The number of hydrogen-bond acceptors (Lipinski definition) is 3. The summed E-state index contributed by atoms with van der Waals surface area (Å²) in [5.74, 6) is 0.994. The minimum absolute atomic E-state index is 0.179. The van der Waals surface area contributed by atoms with Gasteiger partial charge in [-0.05, 0) is 50.3 Å². The summed E-state index contributed by atoms with van der Waals surface area (Å²) in [6, 6.07) is 8.27. The number of carbonyl (C=O) groups excluding carboxylic acids is 1. The van der Waals surface area contributed by atoms with Gasteiger partial charge in [0.2, 0.25) is 0 Å². The summed E-state index contributed by atoms with van der Waals surface area (Å²) >= 11 is 0. The number of furan rings is 1. The molecule has 0 aliphatic rings. The fourth-order valence-electron chi connectivity index (χ4n) is 3.59. The van der Waals surface area contributed by atoms with Crippen LogP contribution in [0.3, 0.4) is 0 Å². The number of guanidine groups is 1. The summed E-state index contributed by atoms with van der Waals surface area (Å²) in [5.41, 5.74) is 4.74. The zero-order valence-electron chi connectivity index (χ0n) is 18.7. The van der Waals surface area contributed by atoms with E-state index in [2.05, 4.69) is 64.2 Å². The molecule has 0 radical (unpaired) electrons. The van der Waals surface area contributed by atoms with Gasteiger partial charge in [-0.15, -0.1) is 0 Å². The smallest absolute Gasteiger partial charge is 0.287 e. The molecule has 0 fully saturated rings. The summed E-state index contributed by atoms with van der Waals surface area (Å²) in [6.07, 6.45) is 6.33. The Bertz CT molecular complexity index is 1020. The van der Waals surface area contributed by atoms with Gasteiger partial charge in [0.25, 0.3) is 5.91 Å². The lowest BCUT2D eigenvalue weighted by molar-refractivity contribution is 0.0925. The Hall–Kier alpha value is -3.22. The van der Waals surface area contributed by atoms with E-state index in [1.165, 1.54) is 28.3 Å². The lowest BCUT2D eigenvalue weighted by atomic mass is 10.1. The number of carbonyl (C=O) groups is 1. The van der Waals surface area contributed by atoms with Crippen molar-refractivity contribution in [3.63, 3.8) is 0 Å². The minimum atomic E-state index is -0.179. The fraction of sp³-hybridized carbons (Fsp3) is 0.417. The van der Waals surface area contributed by atoms with Gasteiger partial charge in [0.05, 0.1) is 6.26 Å². The molecule has 2 aromatic heterocycles. The molecule has 7 nitrogen and oxygen atoms in total. The van der Waals surface area contributed by atoms with E-state index in [0.29, 0.717) is 18.8 Å². The van der Waals surface area contributed by atoms with Gasteiger partial charge in [0.15, 0.2) is 11.7 Å². The zero-order chi connectivity index (χ0) is 22.1. The number of rotatable bonds is 10. The van der Waals surface area contributed by atoms with Crippen LogP contribution in [0.25, 0.3) is 10.9 Å². The van der Waals surface area contributed by atoms with Crippen LogP contribution in [0.15, 0.2) is 46.1 Å². The zero-order valence-corrected chi connectivity index (χ0v) is 18.7. The topological polar surface area (TPSA) is 94.4 Å². The Morgan fingerprint density at radius 1 is 1.10 bits per heavy atom. The number of para-hydroxylation sites is 1. The Kier molecular flexibility index (Phi) is 8.15. The maximum atomic E-state index is 12.0. The normalized spacial score (nSPS) is 11.6. The molecule has 1 amide bonds. The van der Waals surface area contributed by atoms with E-state index >= 15 is 0 Å². The van der Waals surface area contributed by atoms with Crippen LogP contribution in [-0.2, 0) is 12.8 Å². The number of hydrogen-bond donors (Lipinski definition) is 4. The number of amides is 1. The van der Waals surface area contributed by atoms with Crippen molar-refractivity contribution in [1.82, 2.24) is 20.9 Å². The van der Waals surface area contributed by atoms with Gasteiger partial charge >= 0.3 is 0 Å². The van der Waals surface area contributed by atoms with Crippen LogP contribution in [0, 0.1) is 6.92 Å². The van der Waals surface area contributed by atoms with Crippen molar-refractivity contribution < 1.29 is 9.21 Å². The number of aliphatic imine (C=N–C) groups is 1. The molecule has 3 rings (SSSR count). The van der Waals surface area contributed by atoms with Crippen molar-refractivity contribution in [1.29, 1.82) is 0 Å². The average Bonchev–Trinajstić information content (AvgIpc) is 3.39. The van der Waals surface area contributed by atoms with Crippen molar-refractivity contribution in [2.75, 3.05) is 26.2 Å². The number of aromatic amines is 1. The van der Waals surface area contributed by atoms with Gasteiger partial charge in [-0.25, -0.2) is 0 Å². The summed E-state index contributed by atoms with van der Waals surface area (Å²) in [6.45, 7) is 8.86. The van der Waals surface area contributed by atoms with Crippen LogP contribution >= 0.6 is 0 Å². The second-order valence-electron chi connectivity index (χ2n) is 7.49. The summed E-state index contributed by atoms with van der Waals surface area (Å²) in [5, 5.41) is 10.9. The largest absolute Gasteiger partial charge is 0.459 e. The molecule has 0 saturated heterocycles. The van der Waals surface area contributed by atoms with Crippen molar-refractivity contribution in [2.45, 2.75) is 40.0 Å². The summed E-state index contributed by atoms with van der Waals surface area (Å²) < 4.78 is 5.21. The standard InChI is InChI=1S/C24H33N5O2/c1-4-18-8-6-9-20-19(16-29-21(18)20)10-14-28-24(25-5-2)27-13-7-12-26-23(30)22-17(3)11-15-31-22/h6,8-9,11,15-16,29H,4-5,7,10,12-14H2,1-3H3,(H,26,30)(H2,25,27,28). The van der Waals surface area contributed by atoms with E-state index < -0.39 is 0 Å². The molecule has 0 atom stereocenters. The highest BCUT2D eigenvalue weighted by Gasteiger charge is 2.11. The Morgan fingerprint density at radius 3 is 2.71 bits per heavy atom. The van der Waals surface area contributed by atoms with Gasteiger partial charge < -0.3 is 25.4 Å². The molecular formula is C24H33N5O2. The van der Waals surface area contributed by atoms with Gasteiger partial charge in [0.1, 0.15) is 0 Å². The van der Waals surface area contributed by atoms with E-state index in [1.807, 2.05) is 6.92 Å². The number of H-pyrrole nitrogens is 1. The van der Waals surface area contributed by atoms with Crippen molar-refractivity contribution in [3.8, 4) is 0 Å². The van der Waals surface area contributed by atoms with Gasteiger partial charge in [-0.1, -0.05) is 25.1 Å². The van der Waals surface area contributed by atoms with Crippen molar-refractivity contribution in [3.05, 3.63) is 59.2 Å². The monoisotopic (exact) mass is 423 g/mol. The number of nitrogens with one attached hydrogen (secondary N) is 4. The highest BCUT2D eigenvalue weighted by atomic mass is 16.3. The van der Waals surface area contributed by atoms with Crippen LogP contribution < -0.4 is 16.0 Å². The average molecular weight is 424 g/mol. The molecule has 0 saturated carbocycles. The second kappa shape index (κ2) is 11.2. The second-order valence-corrected chi connectivity index (χ2v) is 7.49. The molecule has 0 bridgehead atoms. The Labute approximate surface area is 183 Å². The molecule has 4 N–H and O–H groups in total. The van der Waals surface area contributed by atoms with Crippen LogP contribution in [0.4, 0.5) is 0 Å². The first kappa shape index (κ1) is 22.5. The number of nitrogens with zero attached hydrogens (tertiary/aromatic N) is 1. The molecule has 1 aromatic carbocycles. The van der Waals surface area contributed by atoms with Crippen molar-refractivity contribution >= 4 is 22.8 Å². The van der Waals surface area contributed by atoms with Crippen LogP contribution in [0.1, 0.15) is 47.5 Å². The molecule has 166 valence electrons. The number of aromatic nitrogens is 1. The lowest BCUT2D eigenvalue weighted by Crippen LogP contribution is -2.38. The minimum Gasteiger partial charge on any atom is -0.459 e. The first-order valence-electron chi connectivity index (χ1n) is 11.1. The van der Waals surface area contributed by atoms with Crippen LogP contribution in [0.5, 0.6) is 0 Å². The first-order chi connectivity index (χ1) is 15.1. The van der Waals surface area contributed by atoms with Gasteiger partial charge in [-0.3, -0.25) is 9.79 Å². The van der Waals surface area contributed by atoms with E-state index in [-0.39, 0.29) is 5.91 Å². The first-order valence-corrected chi connectivity index (χ1v) is 11.1. The van der Waals surface area contributed by atoms with E-state index in [1.54, 1.807) is 6.07 Å². The fourth-order valence-corrected chi connectivity index (χ4v) is 3.59. The third-order valence-electron chi connectivity index (χ3n) is 5.26. The molecular weight excluding hydrogens is 390 g/mol. The SMILES string of the molecule is CCNC(=NCCCNC(=O)c1occc1C)NCCc1c[nH]c2c(CC)cccc12. The molecule has 0 aliphatic carbocycles. The van der Waals surface area contributed by atoms with E-state index in [0.717, 1.165) is 43.9 Å². The molecule has 0 spiro atoms. The Morgan fingerprint density at radius 2 is 1.97 bits per heavy atom. The number of aryl methyl sites for hydroxylation is 2. The maximum Gasteiger partial charge on any atom is 0.287 e. The summed E-state index contributed by atoms with van der Waals surface area (Å²) in [7, 11) is 0. The van der Waals surface area contributed by atoms with Crippen LogP contribution in [0.2, 0.25) is 0 Å². The highest BCUT2D eigenvalue weighted by Crippen LogP contribution is 2.22. The van der Waals surface area contributed by atoms with E-state index in [4.69, 9.17) is 4.42 Å². The summed E-state index contributed by atoms with van der Waals surface area (Å²) in [4.78, 5) is 20.1. The van der Waals surface area contributed by atoms with Crippen LogP contribution in [-0.4, -0.2) is 43.0 Å². The number of fused-ring (bicyclic) bond motifs is 1. The van der Waals surface area contributed by atoms with Gasteiger partial charge in [0, 0.05) is 48.8 Å². The third kappa shape index (κ3) is 5.90.